The fourth-order valence-corrected chi connectivity index (χ4v) is 3.32. The summed E-state index contributed by atoms with van der Waals surface area (Å²) in [5.41, 5.74) is 2.26. The molecule has 2 aromatic rings. The fraction of sp³-hybridized carbons (Fsp3) is 0.136. The van der Waals surface area contributed by atoms with E-state index in [9.17, 15) is 14.4 Å². The summed E-state index contributed by atoms with van der Waals surface area (Å²) >= 11 is 6.27. The van der Waals surface area contributed by atoms with Gasteiger partial charge in [0, 0.05) is 5.70 Å². The highest BCUT2D eigenvalue weighted by molar-refractivity contribution is 6.35. The fourth-order valence-electron chi connectivity index (χ4n) is 3.10. The number of halogens is 1. The first kappa shape index (κ1) is 20.4. The first-order chi connectivity index (χ1) is 13.9. The van der Waals surface area contributed by atoms with Crippen LogP contribution in [0.1, 0.15) is 22.8 Å². The predicted octanol–water partition coefficient (Wildman–Crippen LogP) is 4.00. The first-order valence-electron chi connectivity index (χ1n) is 8.67. The van der Waals surface area contributed by atoms with Crippen LogP contribution in [0.5, 0.6) is 0 Å². The third-order valence-corrected chi connectivity index (χ3v) is 4.85. The van der Waals surface area contributed by atoms with E-state index in [1.165, 1.54) is 19.1 Å². The molecule has 1 aliphatic heterocycles. The molecule has 0 bridgehead atoms. The number of ether oxygens (including phenoxy) is 2. The third-order valence-electron chi connectivity index (χ3n) is 4.53. The van der Waals surface area contributed by atoms with Crippen LogP contribution in [0.15, 0.2) is 65.4 Å². The summed E-state index contributed by atoms with van der Waals surface area (Å²) in [7, 11) is 2.56. The Labute approximate surface area is 173 Å². The Morgan fingerprint density at radius 1 is 0.966 bits per heavy atom. The zero-order valence-corrected chi connectivity index (χ0v) is 16.8. The van der Waals surface area contributed by atoms with Gasteiger partial charge in [-0.3, -0.25) is 9.69 Å². The second kappa shape index (κ2) is 8.32. The Kier molecular flexibility index (Phi) is 5.84. The van der Waals surface area contributed by atoms with Crippen LogP contribution in [0.4, 0.5) is 5.69 Å². The number of para-hydroxylation sites is 1. The Morgan fingerprint density at radius 3 is 2.17 bits per heavy atom. The molecule has 0 unspecified atom stereocenters. The van der Waals surface area contributed by atoms with Crippen LogP contribution >= 0.6 is 11.6 Å². The molecule has 0 radical (unpaired) electrons. The van der Waals surface area contributed by atoms with E-state index in [-0.39, 0.29) is 11.1 Å². The normalized spacial score (nSPS) is 15.1. The molecule has 29 heavy (non-hydrogen) atoms. The number of esters is 2. The lowest BCUT2D eigenvalue weighted by Crippen LogP contribution is -2.24. The highest BCUT2D eigenvalue weighted by Crippen LogP contribution is 2.38. The van der Waals surface area contributed by atoms with Crippen LogP contribution in [0.2, 0.25) is 5.02 Å². The summed E-state index contributed by atoms with van der Waals surface area (Å²) in [4.78, 5) is 38.6. The van der Waals surface area contributed by atoms with Gasteiger partial charge in [-0.2, -0.15) is 0 Å². The molecule has 1 aliphatic rings. The number of benzene rings is 2. The monoisotopic (exact) mass is 411 g/mol. The first-order valence-corrected chi connectivity index (χ1v) is 9.05. The number of hydrogen-bond acceptors (Lipinski definition) is 5. The molecule has 1 heterocycles. The lowest BCUT2D eigenvalue weighted by atomic mass is 10.0. The molecule has 0 atom stereocenters. The maximum absolute atomic E-state index is 13.2. The lowest BCUT2D eigenvalue weighted by molar-refractivity contribution is -0.136. The zero-order chi connectivity index (χ0) is 21.1. The zero-order valence-electron chi connectivity index (χ0n) is 16.1. The second-order valence-corrected chi connectivity index (χ2v) is 6.62. The van der Waals surface area contributed by atoms with E-state index in [1.807, 2.05) is 0 Å². The molecular formula is C22H18ClNO5. The molecule has 2 aromatic carbocycles. The minimum Gasteiger partial charge on any atom is -0.465 e. The molecule has 0 spiro atoms. The topological polar surface area (TPSA) is 72.9 Å². The summed E-state index contributed by atoms with van der Waals surface area (Å²) < 4.78 is 9.57. The Hall–Kier alpha value is -3.38. The maximum Gasteiger partial charge on any atom is 0.340 e. The molecule has 7 heteroatoms. The van der Waals surface area contributed by atoms with Crippen molar-refractivity contribution in [1.29, 1.82) is 0 Å². The molecule has 1 amide bonds. The van der Waals surface area contributed by atoms with E-state index in [4.69, 9.17) is 16.3 Å². The van der Waals surface area contributed by atoms with Crippen molar-refractivity contribution in [1.82, 2.24) is 0 Å². The number of rotatable bonds is 4. The van der Waals surface area contributed by atoms with Gasteiger partial charge >= 0.3 is 11.9 Å². The highest BCUT2D eigenvalue weighted by atomic mass is 35.5. The van der Waals surface area contributed by atoms with Gasteiger partial charge in [0.2, 0.25) is 0 Å². The van der Waals surface area contributed by atoms with E-state index in [0.29, 0.717) is 27.5 Å². The average molecular weight is 412 g/mol. The number of carbonyl (C=O) groups is 3. The van der Waals surface area contributed by atoms with Crippen molar-refractivity contribution in [3.05, 3.63) is 81.5 Å². The SMILES string of the molecule is COC(=O)C1=C(C)N(c2ccccc2Cl)C(=O)C1=Cc1ccc(C(=O)OC)cc1. The lowest BCUT2D eigenvalue weighted by Gasteiger charge is -2.19. The predicted molar refractivity (Wildman–Crippen MR) is 109 cm³/mol. The van der Waals surface area contributed by atoms with E-state index in [0.717, 1.165) is 0 Å². The molecule has 0 aliphatic carbocycles. The van der Waals surface area contributed by atoms with E-state index in [1.54, 1.807) is 61.5 Å². The molecule has 0 fully saturated rings. The van der Waals surface area contributed by atoms with Gasteiger partial charge < -0.3 is 9.47 Å². The molecule has 0 saturated heterocycles. The Bertz CT molecular complexity index is 1050. The highest BCUT2D eigenvalue weighted by Gasteiger charge is 2.38. The summed E-state index contributed by atoms with van der Waals surface area (Å²) in [5, 5.41) is 0.382. The van der Waals surface area contributed by atoms with Gasteiger partial charge in [-0.15, -0.1) is 0 Å². The molecule has 6 nitrogen and oxygen atoms in total. The van der Waals surface area contributed by atoms with Crippen LogP contribution in [-0.4, -0.2) is 32.1 Å². The summed E-state index contributed by atoms with van der Waals surface area (Å²) in [6, 6.07) is 13.4. The van der Waals surface area contributed by atoms with Gasteiger partial charge in [0.1, 0.15) is 0 Å². The largest absolute Gasteiger partial charge is 0.465 e. The quantitative estimate of drug-likeness (QED) is 0.561. The molecular weight excluding hydrogens is 394 g/mol. The molecule has 3 rings (SSSR count). The van der Waals surface area contributed by atoms with Crippen LogP contribution in [-0.2, 0) is 19.1 Å². The van der Waals surface area contributed by atoms with Gasteiger partial charge in [0.25, 0.3) is 5.91 Å². The summed E-state index contributed by atoms with van der Waals surface area (Å²) in [6.45, 7) is 1.66. The number of anilines is 1. The molecule has 0 aromatic heterocycles. The maximum atomic E-state index is 13.2. The van der Waals surface area contributed by atoms with E-state index in [2.05, 4.69) is 4.74 Å². The smallest absolute Gasteiger partial charge is 0.340 e. The molecule has 0 N–H and O–H groups in total. The van der Waals surface area contributed by atoms with Gasteiger partial charge in [-0.25, -0.2) is 9.59 Å². The number of hydrogen-bond donors (Lipinski definition) is 0. The van der Waals surface area contributed by atoms with Gasteiger partial charge in [0.05, 0.1) is 41.6 Å². The van der Waals surface area contributed by atoms with Crippen molar-refractivity contribution in [3.8, 4) is 0 Å². The average Bonchev–Trinajstić information content (AvgIpc) is 2.97. The van der Waals surface area contributed by atoms with Crippen molar-refractivity contribution in [3.63, 3.8) is 0 Å². The number of carbonyl (C=O) groups excluding carboxylic acids is 3. The van der Waals surface area contributed by atoms with Crippen molar-refractivity contribution in [2.45, 2.75) is 6.92 Å². The van der Waals surface area contributed by atoms with E-state index >= 15 is 0 Å². The van der Waals surface area contributed by atoms with Crippen molar-refractivity contribution in [2.75, 3.05) is 19.1 Å². The van der Waals surface area contributed by atoms with Crippen LogP contribution in [0.25, 0.3) is 6.08 Å². The number of amides is 1. The van der Waals surface area contributed by atoms with E-state index < -0.39 is 17.8 Å². The standard InChI is InChI=1S/C22H18ClNO5/c1-13-19(22(27)29-3)16(12-14-8-10-15(11-9-14)21(26)28-2)20(25)24(13)18-7-5-4-6-17(18)23/h4-12H,1-3H3. The number of allylic oxidation sites excluding steroid dienone is 1. The van der Waals surface area contributed by atoms with Gasteiger partial charge in [-0.1, -0.05) is 35.9 Å². The molecule has 0 saturated carbocycles. The number of nitrogens with zero attached hydrogens (tertiary/aromatic N) is 1. The Morgan fingerprint density at radius 2 is 1.59 bits per heavy atom. The molecule has 148 valence electrons. The summed E-state index contributed by atoms with van der Waals surface area (Å²) in [5.74, 6) is -1.48. The van der Waals surface area contributed by atoms with Crippen LogP contribution < -0.4 is 4.90 Å². The van der Waals surface area contributed by atoms with Gasteiger partial charge in [-0.05, 0) is 42.8 Å². The van der Waals surface area contributed by atoms with Crippen molar-refractivity contribution >= 4 is 41.2 Å². The minimum atomic E-state index is -0.622. The number of methoxy groups -OCH3 is 2. The second-order valence-electron chi connectivity index (χ2n) is 6.22. The van der Waals surface area contributed by atoms with Crippen LogP contribution in [0.3, 0.4) is 0 Å². The summed E-state index contributed by atoms with van der Waals surface area (Å²) in [6.07, 6.45) is 1.58. The van der Waals surface area contributed by atoms with Crippen molar-refractivity contribution in [2.24, 2.45) is 0 Å². The minimum absolute atomic E-state index is 0.162. The van der Waals surface area contributed by atoms with Crippen LogP contribution in [0, 0.1) is 0 Å². The Balaban J connectivity index is 2.09. The van der Waals surface area contributed by atoms with Gasteiger partial charge in [0.15, 0.2) is 0 Å². The third kappa shape index (κ3) is 3.79. The van der Waals surface area contributed by atoms with Crippen molar-refractivity contribution < 1.29 is 23.9 Å².